The number of nitrogens with zero attached hydrogens (tertiary/aromatic N) is 1. The van der Waals surface area contributed by atoms with Crippen LogP contribution in [0.5, 0.6) is 0 Å². The maximum Gasteiger partial charge on any atom is 0.416 e. The van der Waals surface area contributed by atoms with Crippen LogP contribution in [0.25, 0.3) is 0 Å². The Balaban J connectivity index is 3.59. The van der Waals surface area contributed by atoms with Gasteiger partial charge in [0.05, 0.1) is 6.61 Å². The summed E-state index contributed by atoms with van der Waals surface area (Å²) in [5, 5.41) is -0.0365. The molecule has 1 amide bonds. The molecule has 0 aliphatic heterocycles. The zero-order chi connectivity index (χ0) is 23.9. The van der Waals surface area contributed by atoms with Crippen LogP contribution in [0.15, 0.2) is 42.0 Å². The Labute approximate surface area is 189 Å². The molecule has 0 radical (unpaired) electrons. The van der Waals surface area contributed by atoms with Gasteiger partial charge < -0.3 is 18.6 Å². The Bertz CT molecular complexity index is 733. The second kappa shape index (κ2) is 11.0. The van der Waals surface area contributed by atoms with E-state index in [-0.39, 0.29) is 11.8 Å². The molecule has 0 aromatic heterocycles. The van der Waals surface area contributed by atoms with Crippen LogP contribution in [0.4, 0.5) is 4.79 Å². The van der Waals surface area contributed by atoms with Crippen LogP contribution in [0.2, 0.25) is 18.1 Å². The molecule has 0 fully saturated rings. The Kier molecular flexibility index (Phi) is 9.63. The molecule has 0 spiro atoms. The Hall–Kier alpha value is -1.99. The summed E-state index contributed by atoms with van der Waals surface area (Å²) in [6.45, 7) is 18.7. The Morgan fingerprint density at radius 1 is 1.03 bits per heavy atom. The molecule has 0 unspecified atom stereocenters. The van der Waals surface area contributed by atoms with E-state index in [1.807, 2.05) is 58.0 Å². The Morgan fingerprint density at radius 2 is 1.61 bits per heavy atom. The molecular weight excluding hydrogens is 410 g/mol. The molecule has 7 heteroatoms. The van der Waals surface area contributed by atoms with E-state index < -0.39 is 20.0 Å². The van der Waals surface area contributed by atoms with E-state index in [0.717, 1.165) is 5.56 Å². The molecule has 1 aromatic carbocycles. The number of benzene rings is 1. The van der Waals surface area contributed by atoms with E-state index in [1.54, 1.807) is 7.11 Å². The van der Waals surface area contributed by atoms with Gasteiger partial charge in [-0.1, -0.05) is 51.1 Å². The van der Waals surface area contributed by atoms with E-state index in [1.165, 1.54) is 4.90 Å². The van der Waals surface area contributed by atoms with Gasteiger partial charge in [0.2, 0.25) is 0 Å². The largest absolute Gasteiger partial charge is 0.518 e. The fourth-order valence-electron chi connectivity index (χ4n) is 2.44. The van der Waals surface area contributed by atoms with Crippen LogP contribution in [0.1, 0.15) is 54.0 Å². The summed E-state index contributed by atoms with van der Waals surface area (Å²) in [7, 11) is -0.690. The lowest BCUT2D eigenvalue weighted by molar-refractivity contribution is 0.000412. The Morgan fingerprint density at radius 3 is 2.06 bits per heavy atom. The summed E-state index contributed by atoms with van der Waals surface area (Å²) >= 11 is 0. The minimum absolute atomic E-state index is 0.0223. The van der Waals surface area contributed by atoms with Crippen LogP contribution in [-0.4, -0.2) is 45.4 Å². The number of hydrogen-bond acceptors (Lipinski definition) is 5. The third kappa shape index (κ3) is 8.57. The number of allylic oxidation sites excluding steroid dienone is 1. The van der Waals surface area contributed by atoms with Crippen molar-refractivity contribution in [3.8, 4) is 0 Å². The third-order valence-electron chi connectivity index (χ3n) is 5.08. The van der Waals surface area contributed by atoms with E-state index in [0.29, 0.717) is 24.7 Å². The van der Waals surface area contributed by atoms with Crippen LogP contribution >= 0.6 is 0 Å². The van der Waals surface area contributed by atoms with Crippen molar-refractivity contribution in [3.05, 3.63) is 47.5 Å². The van der Waals surface area contributed by atoms with Gasteiger partial charge in [-0.3, -0.25) is 4.90 Å². The molecule has 0 saturated carbocycles. The van der Waals surface area contributed by atoms with Crippen molar-refractivity contribution in [2.24, 2.45) is 0 Å². The molecule has 0 aliphatic rings. The zero-order valence-corrected chi connectivity index (χ0v) is 22.0. The first kappa shape index (κ1) is 27.0. The van der Waals surface area contributed by atoms with E-state index in [9.17, 15) is 4.79 Å². The van der Waals surface area contributed by atoms with Crippen LogP contribution in [-0.2, 0) is 25.1 Å². The highest BCUT2D eigenvalue weighted by Crippen LogP contribution is 2.39. The predicted molar refractivity (Wildman–Crippen MR) is 127 cm³/mol. The number of amides is 1. The summed E-state index contributed by atoms with van der Waals surface area (Å²) in [5.41, 5.74) is 0.972. The lowest BCUT2D eigenvalue weighted by Gasteiger charge is -2.38. The molecule has 176 valence electrons. The molecule has 6 nitrogen and oxygen atoms in total. The highest BCUT2D eigenvalue weighted by atomic mass is 28.4. The SMILES string of the molecule is CCO/C(O[Si](C)(C)C(C)(C)C)=C(/Cc1ccccc1)N(COC)C(=O)OC(C)(C)C. The fraction of sp³-hybridized carbons (Fsp3) is 0.625. The number of carbonyl (C=O) groups excluding carboxylic acids is 1. The fourth-order valence-corrected chi connectivity index (χ4v) is 3.39. The minimum Gasteiger partial charge on any atom is -0.518 e. The average Bonchev–Trinajstić information content (AvgIpc) is 2.62. The first-order valence-electron chi connectivity index (χ1n) is 10.8. The maximum atomic E-state index is 13.1. The summed E-state index contributed by atoms with van der Waals surface area (Å²) in [5.74, 6) is 0.362. The van der Waals surface area contributed by atoms with Crippen molar-refractivity contribution in [2.45, 2.75) is 78.6 Å². The molecule has 0 saturated heterocycles. The van der Waals surface area contributed by atoms with Gasteiger partial charge >= 0.3 is 6.09 Å². The minimum atomic E-state index is -2.24. The number of hydrogen-bond donors (Lipinski definition) is 0. The van der Waals surface area contributed by atoms with E-state index in [4.69, 9.17) is 18.6 Å². The highest BCUT2D eigenvalue weighted by Gasteiger charge is 2.41. The van der Waals surface area contributed by atoms with Crippen LogP contribution in [0, 0.1) is 0 Å². The van der Waals surface area contributed by atoms with Gasteiger partial charge in [0.25, 0.3) is 14.3 Å². The van der Waals surface area contributed by atoms with Gasteiger partial charge in [-0.15, -0.1) is 0 Å². The van der Waals surface area contributed by atoms with E-state index in [2.05, 4.69) is 33.9 Å². The van der Waals surface area contributed by atoms with Crippen molar-refractivity contribution in [1.29, 1.82) is 0 Å². The lowest BCUT2D eigenvalue weighted by Crippen LogP contribution is -2.43. The third-order valence-corrected chi connectivity index (χ3v) is 9.39. The van der Waals surface area contributed by atoms with Crippen LogP contribution < -0.4 is 0 Å². The summed E-state index contributed by atoms with van der Waals surface area (Å²) < 4.78 is 23.6. The normalized spacial score (nSPS) is 13.4. The number of methoxy groups -OCH3 is 1. The molecule has 0 heterocycles. The number of rotatable bonds is 9. The molecule has 0 atom stereocenters. The van der Waals surface area contributed by atoms with Crippen molar-refractivity contribution in [1.82, 2.24) is 4.90 Å². The molecule has 31 heavy (non-hydrogen) atoms. The summed E-state index contributed by atoms with van der Waals surface area (Å²) in [6, 6.07) is 9.92. The van der Waals surface area contributed by atoms with E-state index >= 15 is 0 Å². The molecule has 0 N–H and O–H groups in total. The van der Waals surface area contributed by atoms with Gasteiger partial charge in [0.1, 0.15) is 18.0 Å². The van der Waals surface area contributed by atoms with Crippen LogP contribution in [0.3, 0.4) is 0 Å². The molecule has 1 rings (SSSR count). The smallest absolute Gasteiger partial charge is 0.416 e. The second-order valence-electron chi connectivity index (χ2n) is 10.0. The molecule has 0 aliphatic carbocycles. The van der Waals surface area contributed by atoms with Crippen molar-refractivity contribution in [2.75, 3.05) is 20.4 Å². The monoisotopic (exact) mass is 451 g/mol. The summed E-state index contributed by atoms with van der Waals surface area (Å²) in [6.07, 6.45) is -0.0655. The standard InChI is InChI=1S/C24H41NO5Si/c1-11-28-21(30-31(9,10)24(5,6)7)20(17-19-15-13-12-14-16-19)25(18-27-8)22(26)29-23(2,3)4/h12-16H,11,17-18H2,1-10H3/b21-20+. The van der Waals surface area contributed by atoms with Crippen molar-refractivity contribution in [3.63, 3.8) is 0 Å². The van der Waals surface area contributed by atoms with Crippen molar-refractivity contribution >= 4 is 14.4 Å². The first-order chi connectivity index (χ1) is 14.2. The van der Waals surface area contributed by atoms with Gasteiger partial charge in [0, 0.05) is 13.5 Å². The number of carbonyl (C=O) groups is 1. The molecule has 0 bridgehead atoms. The van der Waals surface area contributed by atoms with Gasteiger partial charge in [-0.25, -0.2) is 4.79 Å². The quantitative estimate of drug-likeness (QED) is 0.251. The first-order valence-corrected chi connectivity index (χ1v) is 13.7. The molecular formula is C24H41NO5Si. The maximum absolute atomic E-state index is 13.1. The second-order valence-corrected chi connectivity index (χ2v) is 14.7. The number of ether oxygens (including phenoxy) is 3. The lowest BCUT2D eigenvalue weighted by atomic mass is 10.1. The van der Waals surface area contributed by atoms with Gasteiger partial charge in [0.15, 0.2) is 0 Å². The zero-order valence-electron chi connectivity index (χ0n) is 21.0. The highest BCUT2D eigenvalue weighted by molar-refractivity contribution is 6.74. The average molecular weight is 452 g/mol. The van der Waals surface area contributed by atoms with Gasteiger partial charge in [-0.05, 0) is 51.4 Å². The van der Waals surface area contributed by atoms with Crippen molar-refractivity contribution < 1.29 is 23.4 Å². The van der Waals surface area contributed by atoms with Gasteiger partial charge in [-0.2, -0.15) is 0 Å². The molecule has 1 aromatic rings. The predicted octanol–water partition coefficient (Wildman–Crippen LogP) is 6.30. The summed E-state index contributed by atoms with van der Waals surface area (Å²) in [4.78, 5) is 14.6. The topological polar surface area (TPSA) is 57.2 Å².